The Bertz CT molecular complexity index is 779. The number of nitrogens with zero attached hydrogens (tertiary/aromatic N) is 1. The van der Waals surface area contributed by atoms with Crippen LogP contribution in [0, 0.1) is 5.92 Å². The molecule has 7 heteroatoms. The number of aromatic nitrogens is 1. The summed E-state index contributed by atoms with van der Waals surface area (Å²) in [5, 5.41) is 1.97. The van der Waals surface area contributed by atoms with E-state index in [0.29, 0.717) is 12.5 Å². The Morgan fingerprint density at radius 3 is 2.38 bits per heavy atom. The standard InChI is InChI=1S/C22H31F3N2O2/c1-15(22(23,24)25)26-20(28)18-13-17-11-7-2-3-8-12-19(17)27(21(18)29)14-16-9-5-4-6-10-16/h13,15-16H,2-12,14H2,1H3,(H,26,28). The summed E-state index contributed by atoms with van der Waals surface area (Å²) in [6.07, 6.45) is 6.79. The lowest BCUT2D eigenvalue weighted by Crippen LogP contribution is -2.45. The van der Waals surface area contributed by atoms with E-state index in [4.69, 9.17) is 0 Å². The van der Waals surface area contributed by atoms with Gasteiger partial charge in [-0.3, -0.25) is 9.59 Å². The largest absolute Gasteiger partial charge is 0.408 e. The summed E-state index contributed by atoms with van der Waals surface area (Å²) >= 11 is 0. The number of fused-ring (bicyclic) bond motifs is 1. The van der Waals surface area contributed by atoms with Crippen molar-refractivity contribution in [1.82, 2.24) is 9.88 Å². The number of hydrogen-bond acceptors (Lipinski definition) is 2. The van der Waals surface area contributed by atoms with Crippen LogP contribution in [0.4, 0.5) is 13.2 Å². The topological polar surface area (TPSA) is 51.1 Å². The van der Waals surface area contributed by atoms with Gasteiger partial charge in [0.25, 0.3) is 11.5 Å². The van der Waals surface area contributed by atoms with Crippen molar-refractivity contribution in [2.45, 2.75) is 96.3 Å². The smallest absolute Gasteiger partial charge is 0.340 e. The predicted octanol–water partition coefficient (Wildman–Crippen LogP) is 4.77. The normalized spacial score (nSPS) is 19.7. The van der Waals surface area contributed by atoms with Crippen molar-refractivity contribution in [3.8, 4) is 0 Å². The summed E-state index contributed by atoms with van der Waals surface area (Å²) in [6, 6.07) is -0.443. The maximum absolute atomic E-state index is 13.2. The molecule has 29 heavy (non-hydrogen) atoms. The van der Waals surface area contributed by atoms with Crippen LogP contribution in [-0.4, -0.2) is 22.7 Å². The third kappa shape index (κ3) is 5.43. The van der Waals surface area contributed by atoms with Gasteiger partial charge in [0.2, 0.25) is 0 Å². The van der Waals surface area contributed by atoms with Crippen LogP contribution in [0.5, 0.6) is 0 Å². The molecule has 1 unspecified atom stereocenters. The van der Waals surface area contributed by atoms with Gasteiger partial charge in [-0.2, -0.15) is 13.2 Å². The molecule has 1 amide bonds. The van der Waals surface area contributed by atoms with E-state index in [-0.39, 0.29) is 5.56 Å². The van der Waals surface area contributed by atoms with Gasteiger partial charge in [0.15, 0.2) is 0 Å². The maximum Gasteiger partial charge on any atom is 0.408 e. The van der Waals surface area contributed by atoms with Crippen LogP contribution in [0.1, 0.15) is 86.3 Å². The van der Waals surface area contributed by atoms with Crippen LogP contribution in [-0.2, 0) is 19.4 Å². The summed E-state index contributed by atoms with van der Waals surface area (Å²) in [7, 11) is 0. The first-order valence-electron chi connectivity index (χ1n) is 10.9. The van der Waals surface area contributed by atoms with Crippen LogP contribution >= 0.6 is 0 Å². The number of nitrogens with one attached hydrogen (secondary N) is 1. The lowest BCUT2D eigenvalue weighted by molar-refractivity contribution is -0.149. The maximum atomic E-state index is 13.2. The molecule has 1 atom stereocenters. The van der Waals surface area contributed by atoms with E-state index in [1.54, 1.807) is 10.6 Å². The van der Waals surface area contributed by atoms with Crippen molar-refractivity contribution in [3.63, 3.8) is 0 Å². The van der Waals surface area contributed by atoms with Gasteiger partial charge in [-0.25, -0.2) is 0 Å². The van der Waals surface area contributed by atoms with Gasteiger partial charge < -0.3 is 9.88 Å². The highest BCUT2D eigenvalue weighted by Gasteiger charge is 2.37. The molecular formula is C22H31F3N2O2. The molecule has 0 spiro atoms. The van der Waals surface area contributed by atoms with Gasteiger partial charge in [-0.15, -0.1) is 0 Å². The van der Waals surface area contributed by atoms with E-state index >= 15 is 0 Å². The lowest BCUT2D eigenvalue weighted by atomic mass is 9.88. The fourth-order valence-electron chi connectivity index (χ4n) is 4.57. The van der Waals surface area contributed by atoms with E-state index in [2.05, 4.69) is 0 Å². The Hall–Kier alpha value is -1.79. The molecule has 0 saturated heterocycles. The van der Waals surface area contributed by atoms with E-state index in [0.717, 1.165) is 82.4 Å². The molecule has 1 aromatic rings. The Kier molecular flexibility index (Phi) is 7.06. The first-order chi connectivity index (χ1) is 13.8. The van der Waals surface area contributed by atoms with E-state index in [1.807, 2.05) is 5.32 Å². The molecule has 1 saturated carbocycles. The summed E-state index contributed by atoms with van der Waals surface area (Å²) in [5.74, 6) is -0.537. The number of aryl methyl sites for hydroxylation is 1. The molecule has 4 nitrogen and oxygen atoms in total. The molecule has 2 aliphatic rings. The van der Waals surface area contributed by atoms with Crippen LogP contribution in [0.3, 0.4) is 0 Å². The number of pyridine rings is 1. The number of alkyl halides is 3. The second-order valence-electron chi connectivity index (χ2n) is 8.60. The van der Waals surface area contributed by atoms with Crippen molar-refractivity contribution < 1.29 is 18.0 Å². The van der Waals surface area contributed by atoms with Gasteiger partial charge in [-0.1, -0.05) is 32.1 Å². The average Bonchev–Trinajstić information content (AvgIpc) is 2.65. The fourth-order valence-corrected chi connectivity index (χ4v) is 4.57. The SMILES string of the molecule is CC(NC(=O)c1cc2c(n(CC3CCCCC3)c1=O)CCCCCC2)C(F)(F)F. The van der Waals surface area contributed by atoms with Gasteiger partial charge in [0.1, 0.15) is 11.6 Å². The van der Waals surface area contributed by atoms with Crippen LogP contribution < -0.4 is 10.9 Å². The van der Waals surface area contributed by atoms with E-state index < -0.39 is 23.7 Å². The van der Waals surface area contributed by atoms with Gasteiger partial charge >= 0.3 is 6.18 Å². The lowest BCUT2D eigenvalue weighted by Gasteiger charge is -2.27. The highest BCUT2D eigenvalue weighted by atomic mass is 19.4. The highest BCUT2D eigenvalue weighted by molar-refractivity contribution is 5.94. The van der Waals surface area contributed by atoms with Crippen LogP contribution in [0.2, 0.25) is 0 Å². The van der Waals surface area contributed by atoms with Gasteiger partial charge in [0.05, 0.1) is 0 Å². The molecule has 1 fully saturated rings. The van der Waals surface area contributed by atoms with Crippen LogP contribution in [0.15, 0.2) is 10.9 Å². The average molecular weight is 412 g/mol. The zero-order chi connectivity index (χ0) is 21.0. The third-order valence-corrected chi connectivity index (χ3v) is 6.35. The molecule has 3 rings (SSSR count). The van der Waals surface area contributed by atoms with Crippen molar-refractivity contribution in [3.05, 3.63) is 33.2 Å². The number of rotatable bonds is 4. The third-order valence-electron chi connectivity index (χ3n) is 6.35. The van der Waals surface area contributed by atoms with Crippen LogP contribution in [0.25, 0.3) is 0 Å². The molecule has 0 aromatic carbocycles. The first-order valence-corrected chi connectivity index (χ1v) is 10.9. The van der Waals surface area contributed by atoms with E-state index in [1.165, 1.54) is 6.42 Å². The Balaban J connectivity index is 1.97. The van der Waals surface area contributed by atoms with Crippen molar-refractivity contribution in [2.24, 2.45) is 5.92 Å². The summed E-state index contributed by atoms with van der Waals surface area (Å²) in [5.41, 5.74) is 1.34. The van der Waals surface area contributed by atoms with Gasteiger partial charge in [0, 0.05) is 12.2 Å². The molecule has 2 aliphatic carbocycles. The number of halogens is 3. The Morgan fingerprint density at radius 2 is 1.72 bits per heavy atom. The zero-order valence-electron chi connectivity index (χ0n) is 17.1. The minimum atomic E-state index is -4.54. The summed E-state index contributed by atoms with van der Waals surface area (Å²) in [4.78, 5) is 25.8. The summed E-state index contributed by atoms with van der Waals surface area (Å²) in [6.45, 7) is 1.46. The van der Waals surface area contributed by atoms with Crippen molar-refractivity contribution in [2.75, 3.05) is 0 Å². The first kappa shape index (κ1) is 21.9. The molecule has 0 aliphatic heterocycles. The monoisotopic (exact) mass is 412 g/mol. The Morgan fingerprint density at radius 1 is 1.10 bits per heavy atom. The predicted molar refractivity (Wildman–Crippen MR) is 106 cm³/mol. The summed E-state index contributed by atoms with van der Waals surface area (Å²) < 4.78 is 40.4. The van der Waals surface area contributed by atoms with Crippen molar-refractivity contribution in [1.29, 1.82) is 0 Å². The second kappa shape index (κ2) is 9.35. The molecule has 162 valence electrons. The quantitative estimate of drug-likeness (QED) is 0.775. The molecule has 1 heterocycles. The molecule has 0 bridgehead atoms. The minimum absolute atomic E-state index is 0.156. The minimum Gasteiger partial charge on any atom is -0.340 e. The molecule has 1 aromatic heterocycles. The zero-order valence-corrected chi connectivity index (χ0v) is 17.1. The molecule has 1 N–H and O–H groups in total. The molecule has 0 radical (unpaired) electrons. The van der Waals surface area contributed by atoms with Gasteiger partial charge in [-0.05, 0) is 63.0 Å². The highest BCUT2D eigenvalue weighted by Crippen LogP contribution is 2.27. The number of hydrogen-bond donors (Lipinski definition) is 1. The number of carbonyl (C=O) groups is 1. The molecular weight excluding hydrogens is 381 g/mol. The van der Waals surface area contributed by atoms with Crippen molar-refractivity contribution >= 4 is 5.91 Å². The van der Waals surface area contributed by atoms with E-state index in [9.17, 15) is 22.8 Å². The fraction of sp³-hybridized carbons (Fsp3) is 0.727. The second-order valence-corrected chi connectivity index (χ2v) is 8.60. The Labute approximate surface area is 169 Å². The number of carbonyl (C=O) groups excluding carboxylic acids is 1. The number of amides is 1.